The van der Waals surface area contributed by atoms with Crippen LogP contribution in [0, 0.1) is 6.92 Å². The molecule has 3 aromatic rings. The normalized spacial score (nSPS) is 19.0. The van der Waals surface area contributed by atoms with Gasteiger partial charge in [-0.2, -0.15) is 4.98 Å². The molecule has 0 spiro atoms. The summed E-state index contributed by atoms with van der Waals surface area (Å²) in [6.45, 7) is 3.74. The molecule has 0 radical (unpaired) electrons. The fourth-order valence-electron chi connectivity index (χ4n) is 3.92. The summed E-state index contributed by atoms with van der Waals surface area (Å²) < 4.78 is 16.4. The number of rotatable bonds is 3. The van der Waals surface area contributed by atoms with Crippen LogP contribution in [0.4, 0.5) is 0 Å². The molecule has 8 heteroatoms. The Balaban J connectivity index is 1.45. The Morgan fingerprint density at radius 3 is 3.07 bits per heavy atom. The molecule has 0 aromatic carbocycles. The van der Waals surface area contributed by atoms with Gasteiger partial charge in [0.1, 0.15) is 6.10 Å². The van der Waals surface area contributed by atoms with Gasteiger partial charge < -0.3 is 18.6 Å². The number of amides is 1. The molecule has 1 saturated heterocycles. The topological polar surface area (TPSA) is 94.5 Å². The number of nitrogens with zero attached hydrogens (tertiary/aromatic N) is 4. The number of ether oxygens (including phenoxy) is 1. The summed E-state index contributed by atoms with van der Waals surface area (Å²) in [4.78, 5) is 23.5. The van der Waals surface area contributed by atoms with Crippen LogP contribution in [-0.4, -0.2) is 39.1 Å². The highest BCUT2D eigenvalue weighted by molar-refractivity contribution is 5.91. The van der Waals surface area contributed by atoms with Crippen molar-refractivity contribution in [2.75, 3.05) is 13.2 Å². The molecule has 3 aromatic heterocycles. The molecule has 0 aliphatic carbocycles. The van der Waals surface area contributed by atoms with Crippen LogP contribution in [0.5, 0.6) is 0 Å². The molecule has 2 aliphatic heterocycles. The van der Waals surface area contributed by atoms with E-state index in [-0.39, 0.29) is 12.0 Å². The Bertz CT molecular complexity index is 1010. The molecule has 28 heavy (non-hydrogen) atoms. The molecular formula is C20H20N4O4. The van der Waals surface area contributed by atoms with Crippen LogP contribution in [0.2, 0.25) is 0 Å². The summed E-state index contributed by atoms with van der Waals surface area (Å²) in [6.07, 6.45) is 5.83. The maximum atomic E-state index is 12.6. The second-order valence-corrected chi connectivity index (χ2v) is 7.13. The van der Waals surface area contributed by atoms with Gasteiger partial charge in [0.15, 0.2) is 5.76 Å². The molecule has 144 valence electrons. The van der Waals surface area contributed by atoms with Crippen molar-refractivity contribution in [3.05, 3.63) is 53.1 Å². The predicted molar refractivity (Wildman–Crippen MR) is 97.3 cm³/mol. The number of carbonyl (C=O) groups is 1. The predicted octanol–water partition coefficient (Wildman–Crippen LogP) is 3.08. The van der Waals surface area contributed by atoms with Gasteiger partial charge in [0.05, 0.1) is 6.26 Å². The summed E-state index contributed by atoms with van der Waals surface area (Å²) in [5.41, 5.74) is 3.87. The summed E-state index contributed by atoms with van der Waals surface area (Å²) in [5, 5.41) is 4.19. The van der Waals surface area contributed by atoms with Gasteiger partial charge in [-0.05, 0) is 49.4 Å². The van der Waals surface area contributed by atoms with Gasteiger partial charge in [-0.1, -0.05) is 5.16 Å². The zero-order valence-corrected chi connectivity index (χ0v) is 15.6. The highest BCUT2D eigenvalue weighted by Gasteiger charge is 2.29. The highest BCUT2D eigenvalue weighted by Crippen LogP contribution is 2.33. The number of hydrogen-bond donors (Lipinski definition) is 0. The first kappa shape index (κ1) is 17.1. The lowest BCUT2D eigenvalue weighted by Crippen LogP contribution is -2.36. The van der Waals surface area contributed by atoms with Gasteiger partial charge in [0.25, 0.3) is 11.8 Å². The van der Waals surface area contributed by atoms with Crippen molar-refractivity contribution in [1.82, 2.24) is 20.0 Å². The third kappa shape index (κ3) is 2.90. The van der Waals surface area contributed by atoms with Crippen LogP contribution in [0.15, 0.2) is 33.5 Å². The zero-order valence-electron chi connectivity index (χ0n) is 15.6. The zero-order chi connectivity index (χ0) is 19.1. The van der Waals surface area contributed by atoms with Crippen molar-refractivity contribution < 1.29 is 18.5 Å². The number of furan rings is 1. The third-order valence-electron chi connectivity index (χ3n) is 5.35. The van der Waals surface area contributed by atoms with E-state index in [0.29, 0.717) is 37.0 Å². The fraction of sp³-hybridized carbons (Fsp3) is 0.400. The van der Waals surface area contributed by atoms with E-state index in [2.05, 4.69) is 15.1 Å². The molecule has 0 saturated carbocycles. The second kappa shape index (κ2) is 6.87. The number of carbonyl (C=O) groups excluding carboxylic acids is 1. The van der Waals surface area contributed by atoms with Crippen LogP contribution >= 0.6 is 0 Å². The van der Waals surface area contributed by atoms with Gasteiger partial charge in [-0.3, -0.25) is 9.78 Å². The van der Waals surface area contributed by atoms with Gasteiger partial charge >= 0.3 is 0 Å². The van der Waals surface area contributed by atoms with E-state index in [1.807, 2.05) is 13.1 Å². The number of hydrogen-bond acceptors (Lipinski definition) is 7. The van der Waals surface area contributed by atoms with Gasteiger partial charge in [-0.15, -0.1) is 0 Å². The quantitative estimate of drug-likeness (QED) is 0.689. The van der Waals surface area contributed by atoms with Gasteiger partial charge in [0.2, 0.25) is 5.82 Å². The van der Waals surface area contributed by atoms with E-state index in [0.717, 1.165) is 41.8 Å². The van der Waals surface area contributed by atoms with Crippen molar-refractivity contribution in [3.8, 4) is 11.4 Å². The van der Waals surface area contributed by atoms with Crippen LogP contribution in [0.3, 0.4) is 0 Å². The van der Waals surface area contributed by atoms with Crippen molar-refractivity contribution in [1.29, 1.82) is 0 Å². The van der Waals surface area contributed by atoms with Crippen LogP contribution in [0.25, 0.3) is 11.4 Å². The summed E-state index contributed by atoms with van der Waals surface area (Å²) in [7, 11) is 0. The summed E-state index contributed by atoms with van der Waals surface area (Å²) >= 11 is 0. The van der Waals surface area contributed by atoms with E-state index in [1.165, 1.54) is 6.26 Å². The minimum Gasteiger partial charge on any atom is -0.459 e. The lowest BCUT2D eigenvalue weighted by atomic mass is 9.94. The molecule has 0 bridgehead atoms. The van der Waals surface area contributed by atoms with Gasteiger partial charge in [-0.25, -0.2) is 0 Å². The molecule has 8 nitrogen and oxygen atoms in total. The largest absolute Gasteiger partial charge is 0.459 e. The van der Waals surface area contributed by atoms with Crippen molar-refractivity contribution in [2.45, 2.75) is 38.8 Å². The molecular weight excluding hydrogens is 360 g/mol. The molecule has 5 rings (SSSR count). The molecule has 1 fully saturated rings. The summed E-state index contributed by atoms with van der Waals surface area (Å²) in [5.74, 6) is 1.30. The van der Waals surface area contributed by atoms with Crippen LogP contribution in [0.1, 0.15) is 52.2 Å². The smallest absolute Gasteiger partial charge is 0.289 e. The number of fused-ring (bicyclic) bond motifs is 1. The van der Waals surface area contributed by atoms with E-state index in [4.69, 9.17) is 13.7 Å². The monoisotopic (exact) mass is 380 g/mol. The minimum absolute atomic E-state index is 0.113. The number of aryl methyl sites for hydroxylation is 1. The third-order valence-corrected chi connectivity index (χ3v) is 5.35. The molecule has 1 unspecified atom stereocenters. The maximum absolute atomic E-state index is 12.6. The highest BCUT2D eigenvalue weighted by atomic mass is 16.5. The maximum Gasteiger partial charge on any atom is 0.289 e. The Morgan fingerprint density at radius 2 is 2.29 bits per heavy atom. The summed E-state index contributed by atoms with van der Waals surface area (Å²) in [6, 6.07) is 3.40. The lowest BCUT2D eigenvalue weighted by molar-refractivity contribution is 0.0702. The Labute approximate surface area is 161 Å². The first-order valence-corrected chi connectivity index (χ1v) is 9.46. The Morgan fingerprint density at radius 1 is 1.36 bits per heavy atom. The average Bonchev–Trinajstić information content (AvgIpc) is 3.49. The first-order chi connectivity index (χ1) is 13.7. The molecule has 0 N–H and O–H groups in total. The Hall–Kier alpha value is -3.00. The molecule has 5 heterocycles. The van der Waals surface area contributed by atoms with E-state index in [1.54, 1.807) is 17.0 Å². The number of pyridine rings is 1. The fourth-order valence-corrected chi connectivity index (χ4v) is 3.92. The minimum atomic E-state index is -0.115. The first-order valence-electron chi connectivity index (χ1n) is 9.46. The Kier molecular flexibility index (Phi) is 4.20. The second-order valence-electron chi connectivity index (χ2n) is 7.13. The SMILES string of the molecule is Cc1ncc2c(c1-c1noc(C3CCCO3)n1)CCN(C(=O)c1ccco1)C2. The van der Waals surface area contributed by atoms with Crippen LogP contribution < -0.4 is 0 Å². The number of aromatic nitrogens is 3. The molecule has 2 aliphatic rings. The van der Waals surface area contributed by atoms with E-state index >= 15 is 0 Å². The average molecular weight is 380 g/mol. The molecule has 1 amide bonds. The van der Waals surface area contributed by atoms with E-state index in [9.17, 15) is 4.79 Å². The standard InChI is InChI=1S/C20H20N4O4/c1-12-17(18-22-19(28-23-18)15-4-2-8-26-15)14-6-7-24(11-13(14)10-21-12)20(25)16-5-3-9-27-16/h3,5,9-10,15H,2,4,6-8,11H2,1H3. The van der Waals surface area contributed by atoms with Crippen molar-refractivity contribution in [2.24, 2.45) is 0 Å². The van der Waals surface area contributed by atoms with E-state index < -0.39 is 0 Å². The van der Waals surface area contributed by atoms with Crippen LogP contribution in [-0.2, 0) is 17.7 Å². The van der Waals surface area contributed by atoms with Crippen molar-refractivity contribution in [3.63, 3.8) is 0 Å². The lowest BCUT2D eigenvalue weighted by Gasteiger charge is -2.29. The molecule has 1 atom stereocenters. The van der Waals surface area contributed by atoms with Crippen molar-refractivity contribution >= 4 is 5.91 Å². The van der Waals surface area contributed by atoms with Gasteiger partial charge in [0, 0.05) is 37.2 Å².